The number of nitrogens with one attached hydrogen (secondary N) is 2. The molecule has 0 fully saturated rings. The van der Waals surface area contributed by atoms with Crippen molar-refractivity contribution in [2.24, 2.45) is 11.7 Å². The number of amides is 1. The molecule has 0 aliphatic heterocycles. The van der Waals surface area contributed by atoms with E-state index in [1.54, 1.807) is 0 Å². The van der Waals surface area contributed by atoms with Gasteiger partial charge in [0, 0.05) is 5.25 Å². The van der Waals surface area contributed by atoms with Gasteiger partial charge < -0.3 is 11.1 Å². The lowest BCUT2D eigenvalue weighted by Crippen LogP contribution is -2.34. The zero-order chi connectivity index (χ0) is 11.1. The smallest absolute Gasteiger partial charge is 0.239 e. The van der Waals surface area contributed by atoms with E-state index in [9.17, 15) is 4.79 Å². The van der Waals surface area contributed by atoms with E-state index in [1.165, 1.54) is 11.8 Å². The van der Waals surface area contributed by atoms with Gasteiger partial charge in [0.1, 0.15) is 0 Å². The van der Waals surface area contributed by atoms with E-state index in [2.05, 4.69) is 26.1 Å². The molecule has 4 nitrogen and oxygen atoms in total. The summed E-state index contributed by atoms with van der Waals surface area (Å²) in [5.74, 6) is 0.196. The number of thioether (sulfide) groups is 1. The molecule has 0 aromatic rings. The fourth-order valence-corrected chi connectivity index (χ4v) is 1.96. The van der Waals surface area contributed by atoms with Crippen molar-refractivity contribution in [1.82, 2.24) is 5.32 Å². The molecule has 0 aromatic carbocycles. The topological polar surface area (TPSA) is 79.0 Å². The monoisotopic (exact) mass is 217 g/mol. The van der Waals surface area contributed by atoms with Crippen LogP contribution >= 0.6 is 11.8 Å². The van der Waals surface area contributed by atoms with Gasteiger partial charge in [0.2, 0.25) is 5.91 Å². The third kappa shape index (κ3) is 5.24. The highest BCUT2D eigenvalue weighted by Gasteiger charge is 2.15. The molecule has 1 amide bonds. The second-order valence-corrected chi connectivity index (χ2v) is 4.64. The summed E-state index contributed by atoms with van der Waals surface area (Å²) in [5.41, 5.74) is 5.13. The highest BCUT2D eigenvalue weighted by atomic mass is 32.2. The summed E-state index contributed by atoms with van der Waals surface area (Å²) in [7, 11) is 0. The highest BCUT2D eigenvalue weighted by molar-refractivity contribution is 8.14. The van der Waals surface area contributed by atoms with E-state index >= 15 is 0 Å². The van der Waals surface area contributed by atoms with Crippen LogP contribution in [0.25, 0.3) is 0 Å². The van der Waals surface area contributed by atoms with E-state index in [1.807, 2.05) is 0 Å². The van der Waals surface area contributed by atoms with E-state index < -0.39 is 0 Å². The molecule has 0 aliphatic rings. The van der Waals surface area contributed by atoms with Crippen LogP contribution < -0.4 is 11.1 Å². The van der Waals surface area contributed by atoms with Crippen LogP contribution in [0.15, 0.2) is 0 Å². The lowest BCUT2D eigenvalue weighted by atomic mass is 10.1. The van der Waals surface area contributed by atoms with Crippen LogP contribution in [0.2, 0.25) is 0 Å². The van der Waals surface area contributed by atoms with Gasteiger partial charge in [0.15, 0.2) is 5.17 Å². The van der Waals surface area contributed by atoms with Crippen molar-refractivity contribution in [1.29, 1.82) is 5.41 Å². The largest absolute Gasteiger partial charge is 0.322 e. The van der Waals surface area contributed by atoms with Crippen molar-refractivity contribution >= 4 is 22.8 Å². The van der Waals surface area contributed by atoms with Gasteiger partial charge in [-0.25, -0.2) is 0 Å². The third-order valence-corrected chi connectivity index (χ3v) is 3.37. The zero-order valence-electron chi connectivity index (χ0n) is 8.96. The molecule has 0 spiro atoms. The number of hydrogen-bond acceptors (Lipinski definition) is 4. The molecule has 1 atom stereocenters. The lowest BCUT2D eigenvalue weighted by Gasteiger charge is -2.18. The summed E-state index contributed by atoms with van der Waals surface area (Å²) in [5, 5.41) is 10.5. The highest BCUT2D eigenvalue weighted by Crippen LogP contribution is 2.22. The molecular weight excluding hydrogens is 198 g/mol. The minimum Gasteiger partial charge on any atom is -0.322 e. The molecular formula is C9H19N3OS. The summed E-state index contributed by atoms with van der Waals surface area (Å²) >= 11 is 1.39. The summed E-state index contributed by atoms with van der Waals surface area (Å²) in [4.78, 5) is 10.9. The number of carbonyl (C=O) groups excluding carboxylic acids is 1. The molecule has 82 valence electrons. The Balaban J connectivity index is 3.97. The molecule has 0 saturated heterocycles. The Morgan fingerprint density at radius 3 is 2.50 bits per heavy atom. The molecule has 0 heterocycles. The summed E-state index contributed by atoms with van der Waals surface area (Å²) in [6.07, 6.45) is 0.989. The first-order valence-electron chi connectivity index (χ1n) is 4.76. The SMILES string of the molecule is CCC(SC(=N)NC(=O)CN)C(C)C. The van der Waals surface area contributed by atoms with Gasteiger partial charge in [-0.15, -0.1) is 0 Å². The Kier molecular flexibility index (Phi) is 6.57. The number of carbonyl (C=O) groups is 1. The van der Waals surface area contributed by atoms with Crippen LogP contribution in [0.4, 0.5) is 0 Å². The summed E-state index contributed by atoms with van der Waals surface area (Å²) < 4.78 is 0. The van der Waals surface area contributed by atoms with E-state index in [-0.39, 0.29) is 17.6 Å². The van der Waals surface area contributed by atoms with Crippen LogP contribution in [0, 0.1) is 11.3 Å². The van der Waals surface area contributed by atoms with Crippen LogP contribution in [0.1, 0.15) is 27.2 Å². The summed E-state index contributed by atoms with van der Waals surface area (Å²) in [6, 6.07) is 0. The molecule has 1 unspecified atom stereocenters. The fraction of sp³-hybridized carbons (Fsp3) is 0.778. The Morgan fingerprint density at radius 1 is 1.57 bits per heavy atom. The Bertz CT molecular complexity index is 206. The first-order valence-corrected chi connectivity index (χ1v) is 5.64. The van der Waals surface area contributed by atoms with Crippen molar-refractivity contribution in [3.8, 4) is 0 Å². The van der Waals surface area contributed by atoms with Crippen LogP contribution in [0.5, 0.6) is 0 Å². The standard InChI is InChI=1S/C9H19N3OS/c1-4-7(6(2)3)14-9(11)12-8(13)5-10/h6-7H,4-5,10H2,1-3H3,(H2,11,12,13). The predicted molar refractivity (Wildman–Crippen MR) is 61.4 cm³/mol. The van der Waals surface area contributed by atoms with Gasteiger partial charge >= 0.3 is 0 Å². The van der Waals surface area contributed by atoms with E-state index in [0.29, 0.717) is 11.2 Å². The number of amidine groups is 1. The maximum atomic E-state index is 10.9. The zero-order valence-corrected chi connectivity index (χ0v) is 9.78. The lowest BCUT2D eigenvalue weighted by molar-refractivity contribution is -0.118. The van der Waals surface area contributed by atoms with Crippen molar-refractivity contribution in [3.05, 3.63) is 0 Å². The Labute approximate surface area is 89.5 Å². The van der Waals surface area contributed by atoms with Gasteiger partial charge in [-0.05, 0) is 12.3 Å². The van der Waals surface area contributed by atoms with Crippen molar-refractivity contribution < 1.29 is 4.79 Å². The molecule has 0 rings (SSSR count). The third-order valence-electron chi connectivity index (χ3n) is 1.85. The van der Waals surface area contributed by atoms with Crippen molar-refractivity contribution in [2.45, 2.75) is 32.4 Å². The molecule has 0 aromatic heterocycles. The average molecular weight is 217 g/mol. The molecule has 14 heavy (non-hydrogen) atoms. The van der Waals surface area contributed by atoms with Crippen molar-refractivity contribution in [3.63, 3.8) is 0 Å². The van der Waals surface area contributed by atoms with Gasteiger partial charge in [-0.2, -0.15) is 0 Å². The first kappa shape index (κ1) is 13.4. The Hall–Kier alpha value is -0.550. The van der Waals surface area contributed by atoms with Gasteiger partial charge in [0.25, 0.3) is 0 Å². The van der Waals surface area contributed by atoms with Crippen LogP contribution in [-0.4, -0.2) is 22.9 Å². The maximum Gasteiger partial charge on any atom is 0.239 e. The minimum atomic E-state index is -0.305. The number of nitrogens with two attached hydrogens (primary N) is 1. The van der Waals surface area contributed by atoms with Crippen LogP contribution in [0.3, 0.4) is 0 Å². The minimum absolute atomic E-state index is 0.0680. The maximum absolute atomic E-state index is 10.9. The number of hydrogen-bond donors (Lipinski definition) is 3. The van der Waals surface area contributed by atoms with Crippen molar-refractivity contribution in [2.75, 3.05) is 6.54 Å². The molecule has 0 aliphatic carbocycles. The molecule has 0 saturated carbocycles. The normalized spacial score (nSPS) is 12.6. The van der Waals surface area contributed by atoms with Gasteiger partial charge in [-0.3, -0.25) is 10.2 Å². The fourth-order valence-electron chi connectivity index (χ4n) is 1.05. The first-order chi connectivity index (χ1) is 6.51. The molecule has 4 N–H and O–H groups in total. The van der Waals surface area contributed by atoms with Gasteiger partial charge in [-0.1, -0.05) is 32.5 Å². The average Bonchev–Trinajstić information content (AvgIpc) is 2.13. The number of rotatable bonds is 4. The second-order valence-electron chi connectivity index (χ2n) is 3.39. The summed E-state index contributed by atoms with van der Waals surface area (Å²) in [6.45, 7) is 6.23. The predicted octanol–water partition coefficient (Wildman–Crippen LogP) is 1.16. The molecule has 0 radical (unpaired) electrons. The quantitative estimate of drug-likeness (QED) is 0.488. The van der Waals surface area contributed by atoms with E-state index in [4.69, 9.17) is 11.1 Å². The second kappa shape index (κ2) is 6.84. The Morgan fingerprint density at radius 2 is 2.14 bits per heavy atom. The molecule has 0 bridgehead atoms. The van der Waals surface area contributed by atoms with Crippen LogP contribution in [-0.2, 0) is 4.79 Å². The van der Waals surface area contributed by atoms with Gasteiger partial charge in [0.05, 0.1) is 6.54 Å². The van der Waals surface area contributed by atoms with E-state index in [0.717, 1.165) is 6.42 Å². The molecule has 5 heteroatoms.